The number of rotatable bonds is 2. The van der Waals surface area contributed by atoms with Crippen LogP contribution in [0.3, 0.4) is 0 Å². The first-order valence-electron chi connectivity index (χ1n) is 7.32. The van der Waals surface area contributed by atoms with Gasteiger partial charge in [0.1, 0.15) is 5.01 Å². The third-order valence-electron chi connectivity index (χ3n) is 5.65. The molecule has 1 atom stereocenters. The highest BCUT2D eigenvalue weighted by Gasteiger charge is 2.54. The van der Waals surface area contributed by atoms with Gasteiger partial charge >= 0.3 is 0 Å². The molecule has 2 N–H and O–H groups in total. The van der Waals surface area contributed by atoms with E-state index in [0.29, 0.717) is 5.41 Å². The van der Waals surface area contributed by atoms with Gasteiger partial charge in [-0.2, -0.15) is 0 Å². The molecular formula is C15H22N2S. The Balaban J connectivity index is 1.67. The standard InChI is InChI=1S/C15H22N2S/c1-9-8-17-14(18-9)13(16)15-5-10-2-11(6-15)4-12(3-10)7-15/h8,10-13H,2-7,16H2,1H3. The summed E-state index contributed by atoms with van der Waals surface area (Å²) in [4.78, 5) is 5.86. The van der Waals surface area contributed by atoms with Gasteiger partial charge in [-0.15, -0.1) is 11.3 Å². The Morgan fingerprint density at radius 1 is 1.22 bits per heavy atom. The zero-order valence-electron chi connectivity index (χ0n) is 11.1. The van der Waals surface area contributed by atoms with Gasteiger partial charge in [0, 0.05) is 11.1 Å². The van der Waals surface area contributed by atoms with Crippen molar-refractivity contribution < 1.29 is 0 Å². The normalized spacial score (nSPS) is 43.3. The smallest absolute Gasteiger partial charge is 0.110 e. The summed E-state index contributed by atoms with van der Waals surface area (Å²) in [6, 6.07) is 0.199. The second kappa shape index (κ2) is 3.80. The number of hydrogen-bond donors (Lipinski definition) is 1. The molecule has 0 aromatic carbocycles. The first kappa shape index (κ1) is 11.4. The second-order valence-corrected chi connectivity index (χ2v) is 8.33. The molecule has 0 spiro atoms. The van der Waals surface area contributed by atoms with E-state index in [1.165, 1.54) is 48.4 Å². The summed E-state index contributed by atoms with van der Waals surface area (Å²) in [6.45, 7) is 2.13. The lowest BCUT2D eigenvalue weighted by Crippen LogP contribution is -2.50. The highest BCUT2D eigenvalue weighted by Crippen LogP contribution is 2.63. The molecule has 2 nitrogen and oxygen atoms in total. The number of aryl methyl sites for hydroxylation is 1. The van der Waals surface area contributed by atoms with Crippen molar-refractivity contribution in [2.45, 2.75) is 51.5 Å². The molecule has 0 amide bonds. The maximum absolute atomic E-state index is 6.66. The molecule has 4 bridgehead atoms. The molecule has 3 heteroatoms. The third-order valence-corrected chi connectivity index (χ3v) is 6.65. The molecule has 18 heavy (non-hydrogen) atoms. The average molecular weight is 262 g/mol. The van der Waals surface area contributed by atoms with Gasteiger partial charge in [0.15, 0.2) is 0 Å². The minimum absolute atomic E-state index is 0.199. The Morgan fingerprint density at radius 2 is 1.78 bits per heavy atom. The van der Waals surface area contributed by atoms with Crippen molar-refractivity contribution in [2.24, 2.45) is 28.9 Å². The maximum atomic E-state index is 6.66. The Hall–Kier alpha value is -0.410. The lowest BCUT2D eigenvalue weighted by Gasteiger charge is -2.58. The molecule has 1 aromatic heterocycles. The fourth-order valence-corrected chi connectivity index (χ4v) is 6.25. The Kier molecular flexibility index (Phi) is 2.41. The van der Waals surface area contributed by atoms with Crippen molar-refractivity contribution in [2.75, 3.05) is 0 Å². The quantitative estimate of drug-likeness (QED) is 0.883. The van der Waals surface area contributed by atoms with E-state index < -0.39 is 0 Å². The topological polar surface area (TPSA) is 38.9 Å². The van der Waals surface area contributed by atoms with Crippen molar-refractivity contribution in [3.63, 3.8) is 0 Å². The molecular weight excluding hydrogens is 240 g/mol. The van der Waals surface area contributed by atoms with Crippen LogP contribution in [0.25, 0.3) is 0 Å². The molecule has 0 saturated heterocycles. The van der Waals surface area contributed by atoms with E-state index in [9.17, 15) is 0 Å². The van der Waals surface area contributed by atoms with Crippen molar-refractivity contribution >= 4 is 11.3 Å². The minimum atomic E-state index is 0.199. The van der Waals surface area contributed by atoms with Crippen molar-refractivity contribution in [3.05, 3.63) is 16.1 Å². The van der Waals surface area contributed by atoms with Crippen LogP contribution in [-0.4, -0.2) is 4.98 Å². The lowest BCUT2D eigenvalue weighted by molar-refractivity contribution is -0.0677. The summed E-state index contributed by atoms with van der Waals surface area (Å²) in [5, 5.41) is 1.19. The van der Waals surface area contributed by atoms with Gasteiger partial charge in [-0.1, -0.05) is 0 Å². The van der Waals surface area contributed by atoms with Crippen LogP contribution in [0.1, 0.15) is 54.5 Å². The van der Waals surface area contributed by atoms with E-state index in [4.69, 9.17) is 5.73 Å². The molecule has 4 saturated carbocycles. The fraction of sp³-hybridized carbons (Fsp3) is 0.800. The number of nitrogens with two attached hydrogens (primary N) is 1. The summed E-state index contributed by atoms with van der Waals surface area (Å²) < 4.78 is 0. The lowest BCUT2D eigenvalue weighted by atomic mass is 9.48. The molecule has 1 aromatic rings. The van der Waals surface area contributed by atoms with Crippen LogP contribution in [0.15, 0.2) is 6.20 Å². The van der Waals surface area contributed by atoms with E-state index in [2.05, 4.69) is 11.9 Å². The van der Waals surface area contributed by atoms with Crippen LogP contribution in [0, 0.1) is 30.1 Å². The van der Waals surface area contributed by atoms with Crippen LogP contribution in [0.5, 0.6) is 0 Å². The predicted octanol–water partition coefficient (Wildman–Crippen LogP) is 3.67. The van der Waals surface area contributed by atoms with Gasteiger partial charge in [-0.25, -0.2) is 4.98 Å². The molecule has 4 fully saturated rings. The van der Waals surface area contributed by atoms with Crippen molar-refractivity contribution in [1.82, 2.24) is 4.98 Å². The molecule has 1 unspecified atom stereocenters. The van der Waals surface area contributed by atoms with Crippen molar-refractivity contribution in [1.29, 1.82) is 0 Å². The molecule has 4 aliphatic rings. The summed E-state index contributed by atoms with van der Waals surface area (Å²) in [5.41, 5.74) is 7.06. The Bertz CT molecular complexity index is 430. The summed E-state index contributed by atoms with van der Waals surface area (Å²) in [6.07, 6.45) is 10.6. The molecule has 0 aliphatic heterocycles. The number of nitrogens with zero attached hydrogens (tertiary/aromatic N) is 1. The van der Waals surface area contributed by atoms with Gasteiger partial charge in [-0.3, -0.25) is 0 Å². The fourth-order valence-electron chi connectivity index (χ4n) is 5.34. The van der Waals surface area contributed by atoms with E-state index in [1.807, 2.05) is 17.5 Å². The molecule has 1 heterocycles. The number of aromatic nitrogens is 1. The first-order chi connectivity index (χ1) is 8.64. The number of hydrogen-bond acceptors (Lipinski definition) is 3. The van der Waals surface area contributed by atoms with Gasteiger partial charge in [-0.05, 0) is 68.6 Å². The zero-order valence-corrected chi connectivity index (χ0v) is 11.9. The first-order valence-corrected chi connectivity index (χ1v) is 8.14. The summed E-state index contributed by atoms with van der Waals surface area (Å²) in [5.74, 6) is 2.93. The van der Waals surface area contributed by atoms with Crippen LogP contribution in [-0.2, 0) is 0 Å². The SMILES string of the molecule is Cc1cnc(C(N)C23CC4CC(CC(C4)C2)C3)s1. The van der Waals surface area contributed by atoms with Gasteiger partial charge in [0.05, 0.1) is 6.04 Å². The average Bonchev–Trinajstić information content (AvgIpc) is 2.73. The summed E-state index contributed by atoms with van der Waals surface area (Å²) >= 11 is 1.81. The third kappa shape index (κ3) is 1.60. The monoisotopic (exact) mass is 262 g/mol. The van der Waals surface area contributed by atoms with Gasteiger partial charge in [0.25, 0.3) is 0 Å². The van der Waals surface area contributed by atoms with E-state index in [-0.39, 0.29) is 6.04 Å². The largest absolute Gasteiger partial charge is 0.322 e. The zero-order chi connectivity index (χ0) is 12.3. The maximum Gasteiger partial charge on any atom is 0.110 e. The van der Waals surface area contributed by atoms with Gasteiger partial charge < -0.3 is 5.73 Å². The predicted molar refractivity (Wildman–Crippen MR) is 74.4 cm³/mol. The highest BCUT2D eigenvalue weighted by atomic mass is 32.1. The van der Waals surface area contributed by atoms with Crippen LogP contribution in [0.4, 0.5) is 0 Å². The molecule has 5 rings (SSSR count). The van der Waals surface area contributed by atoms with Crippen LogP contribution in [0.2, 0.25) is 0 Å². The van der Waals surface area contributed by atoms with E-state index >= 15 is 0 Å². The van der Waals surface area contributed by atoms with Crippen molar-refractivity contribution in [3.8, 4) is 0 Å². The van der Waals surface area contributed by atoms with Gasteiger partial charge in [0.2, 0.25) is 0 Å². The van der Waals surface area contributed by atoms with E-state index in [0.717, 1.165) is 17.8 Å². The molecule has 4 aliphatic carbocycles. The minimum Gasteiger partial charge on any atom is -0.322 e. The Morgan fingerprint density at radius 3 is 2.22 bits per heavy atom. The van der Waals surface area contributed by atoms with Crippen LogP contribution < -0.4 is 5.73 Å². The molecule has 0 radical (unpaired) electrons. The van der Waals surface area contributed by atoms with Crippen LogP contribution >= 0.6 is 11.3 Å². The Labute approximate surface area is 113 Å². The molecule has 98 valence electrons. The van der Waals surface area contributed by atoms with E-state index in [1.54, 1.807) is 0 Å². The second-order valence-electron chi connectivity index (χ2n) is 7.07. The highest BCUT2D eigenvalue weighted by molar-refractivity contribution is 7.11. The summed E-state index contributed by atoms with van der Waals surface area (Å²) in [7, 11) is 0. The number of thiazole rings is 1.